The Kier molecular flexibility index (Phi) is 3.71. The Labute approximate surface area is 98.1 Å². The van der Waals surface area contributed by atoms with Crippen molar-refractivity contribution in [1.29, 1.82) is 0 Å². The first-order valence-corrected chi connectivity index (χ1v) is 5.48. The molecule has 1 nitrogen and oxygen atoms in total. The summed E-state index contributed by atoms with van der Waals surface area (Å²) >= 11 is 0. The van der Waals surface area contributed by atoms with Crippen LogP contribution in [0.1, 0.15) is 31.9 Å². The second-order valence-corrected chi connectivity index (χ2v) is 4.81. The SMILES string of the molecule is C=C(C)/C(=C\C(C)(C)O)c1ccccc1C. The molecule has 1 rings (SSSR count). The Balaban J connectivity index is 3.30. The van der Waals surface area contributed by atoms with Crippen LogP contribution in [0.4, 0.5) is 0 Å². The minimum atomic E-state index is -0.823. The van der Waals surface area contributed by atoms with E-state index in [4.69, 9.17) is 0 Å². The van der Waals surface area contributed by atoms with Crippen molar-refractivity contribution in [3.05, 3.63) is 53.6 Å². The second kappa shape index (κ2) is 4.67. The highest BCUT2D eigenvalue weighted by Gasteiger charge is 2.13. The molecule has 0 bridgehead atoms. The van der Waals surface area contributed by atoms with E-state index in [9.17, 15) is 5.11 Å². The van der Waals surface area contributed by atoms with Crippen molar-refractivity contribution in [2.45, 2.75) is 33.3 Å². The van der Waals surface area contributed by atoms with E-state index in [1.807, 2.05) is 25.1 Å². The van der Waals surface area contributed by atoms with Crippen LogP contribution in [0.3, 0.4) is 0 Å². The molecule has 86 valence electrons. The Morgan fingerprint density at radius 2 is 1.88 bits per heavy atom. The van der Waals surface area contributed by atoms with Gasteiger partial charge in [-0.2, -0.15) is 0 Å². The molecule has 0 radical (unpaired) electrons. The maximum atomic E-state index is 9.87. The number of aliphatic hydroxyl groups is 1. The second-order valence-electron chi connectivity index (χ2n) is 4.81. The number of allylic oxidation sites excluding steroid dienone is 2. The van der Waals surface area contributed by atoms with Crippen LogP contribution in [-0.4, -0.2) is 10.7 Å². The molecular formula is C15H20O. The summed E-state index contributed by atoms with van der Waals surface area (Å²) in [4.78, 5) is 0. The van der Waals surface area contributed by atoms with Gasteiger partial charge in [-0.25, -0.2) is 0 Å². The molecular weight excluding hydrogens is 196 g/mol. The topological polar surface area (TPSA) is 20.2 Å². The molecule has 0 heterocycles. The molecule has 16 heavy (non-hydrogen) atoms. The first-order valence-electron chi connectivity index (χ1n) is 5.48. The predicted octanol–water partition coefficient (Wildman–Crippen LogP) is 3.73. The maximum Gasteiger partial charge on any atom is 0.0780 e. The van der Waals surface area contributed by atoms with Crippen LogP contribution in [-0.2, 0) is 0 Å². The van der Waals surface area contributed by atoms with Crippen LogP contribution in [0.2, 0.25) is 0 Å². The van der Waals surface area contributed by atoms with Gasteiger partial charge in [-0.15, -0.1) is 0 Å². The largest absolute Gasteiger partial charge is 0.386 e. The fourth-order valence-electron chi connectivity index (χ4n) is 1.66. The lowest BCUT2D eigenvalue weighted by atomic mass is 9.92. The van der Waals surface area contributed by atoms with Crippen molar-refractivity contribution in [2.24, 2.45) is 0 Å². The van der Waals surface area contributed by atoms with E-state index >= 15 is 0 Å². The molecule has 0 amide bonds. The highest BCUT2D eigenvalue weighted by atomic mass is 16.3. The van der Waals surface area contributed by atoms with Gasteiger partial charge < -0.3 is 5.11 Å². The predicted molar refractivity (Wildman–Crippen MR) is 70.3 cm³/mol. The summed E-state index contributed by atoms with van der Waals surface area (Å²) in [5, 5.41) is 9.87. The third-order valence-electron chi connectivity index (χ3n) is 2.39. The molecule has 0 fully saturated rings. The van der Waals surface area contributed by atoms with E-state index in [0.29, 0.717) is 0 Å². The summed E-state index contributed by atoms with van der Waals surface area (Å²) in [5.41, 5.74) is 3.50. The van der Waals surface area contributed by atoms with Gasteiger partial charge in [-0.1, -0.05) is 36.4 Å². The molecule has 0 aliphatic heterocycles. The van der Waals surface area contributed by atoms with Gasteiger partial charge in [0.25, 0.3) is 0 Å². The first-order chi connectivity index (χ1) is 7.31. The van der Waals surface area contributed by atoms with E-state index in [-0.39, 0.29) is 0 Å². The lowest BCUT2D eigenvalue weighted by Crippen LogP contribution is -2.15. The van der Waals surface area contributed by atoms with Crippen molar-refractivity contribution in [3.8, 4) is 0 Å². The van der Waals surface area contributed by atoms with E-state index in [2.05, 4.69) is 25.6 Å². The third-order valence-corrected chi connectivity index (χ3v) is 2.39. The fourth-order valence-corrected chi connectivity index (χ4v) is 1.66. The van der Waals surface area contributed by atoms with Crippen LogP contribution in [0.25, 0.3) is 5.57 Å². The Morgan fingerprint density at radius 1 is 1.31 bits per heavy atom. The van der Waals surface area contributed by atoms with Crippen LogP contribution in [0.5, 0.6) is 0 Å². The highest BCUT2D eigenvalue weighted by molar-refractivity contribution is 5.80. The Hall–Kier alpha value is -1.34. The lowest BCUT2D eigenvalue weighted by molar-refractivity contribution is 0.133. The van der Waals surface area contributed by atoms with Gasteiger partial charge in [0.2, 0.25) is 0 Å². The molecule has 0 aromatic heterocycles. The van der Waals surface area contributed by atoms with Crippen molar-refractivity contribution in [1.82, 2.24) is 0 Å². The summed E-state index contributed by atoms with van der Waals surface area (Å²) in [6.45, 7) is 11.6. The number of aryl methyl sites for hydroxylation is 1. The van der Waals surface area contributed by atoms with E-state index in [1.165, 1.54) is 5.56 Å². The maximum absolute atomic E-state index is 9.87. The zero-order valence-electron chi connectivity index (χ0n) is 10.5. The minimum Gasteiger partial charge on any atom is -0.386 e. The Morgan fingerprint density at radius 3 is 2.31 bits per heavy atom. The lowest BCUT2D eigenvalue weighted by Gasteiger charge is -2.17. The quantitative estimate of drug-likeness (QED) is 0.763. The van der Waals surface area contributed by atoms with Crippen molar-refractivity contribution in [3.63, 3.8) is 0 Å². The molecule has 1 N–H and O–H groups in total. The highest BCUT2D eigenvalue weighted by Crippen LogP contribution is 2.27. The minimum absolute atomic E-state index is 0.823. The molecule has 0 saturated carbocycles. The van der Waals surface area contributed by atoms with E-state index in [0.717, 1.165) is 16.7 Å². The van der Waals surface area contributed by atoms with Gasteiger partial charge in [-0.3, -0.25) is 0 Å². The van der Waals surface area contributed by atoms with Gasteiger partial charge >= 0.3 is 0 Å². The fraction of sp³-hybridized carbons (Fsp3) is 0.333. The summed E-state index contributed by atoms with van der Waals surface area (Å²) in [6, 6.07) is 8.14. The van der Waals surface area contributed by atoms with Gasteiger partial charge in [0.05, 0.1) is 5.60 Å². The molecule has 1 heteroatoms. The van der Waals surface area contributed by atoms with Crippen LogP contribution >= 0.6 is 0 Å². The average Bonchev–Trinajstić information content (AvgIpc) is 2.13. The standard InChI is InChI=1S/C15H20O/c1-11(2)14(10-15(4,5)16)13-9-7-6-8-12(13)3/h6-10,16H,1H2,2-5H3/b14-10+. The normalized spacial score (nSPS) is 12.7. The van der Waals surface area contributed by atoms with Gasteiger partial charge in [-0.05, 0) is 50.5 Å². The molecule has 0 saturated heterocycles. The average molecular weight is 216 g/mol. The summed E-state index contributed by atoms with van der Waals surface area (Å²) < 4.78 is 0. The first kappa shape index (κ1) is 12.7. The summed E-state index contributed by atoms with van der Waals surface area (Å²) in [6.07, 6.45) is 1.86. The van der Waals surface area contributed by atoms with Gasteiger partial charge in [0, 0.05) is 0 Å². The summed E-state index contributed by atoms with van der Waals surface area (Å²) in [5.74, 6) is 0. The molecule has 1 aromatic rings. The van der Waals surface area contributed by atoms with Gasteiger partial charge in [0.1, 0.15) is 0 Å². The number of hydrogen-bond donors (Lipinski definition) is 1. The van der Waals surface area contributed by atoms with Crippen molar-refractivity contribution in [2.75, 3.05) is 0 Å². The number of hydrogen-bond acceptors (Lipinski definition) is 1. The van der Waals surface area contributed by atoms with E-state index < -0.39 is 5.60 Å². The molecule has 0 aliphatic rings. The Bertz CT molecular complexity index is 419. The van der Waals surface area contributed by atoms with E-state index in [1.54, 1.807) is 13.8 Å². The van der Waals surface area contributed by atoms with Crippen molar-refractivity contribution < 1.29 is 5.11 Å². The zero-order chi connectivity index (χ0) is 12.3. The van der Waals surface area contributed by atoms with Crippen LogP contribution in [0.15, 0.2) is 42.5 Å². The van der Waals surface area contributed by atoms with Crippen molar-refractivity contribution >= 4 is 5.57 Å². The smallest absolute Gasteiger partial charge is 0.0780 e. The van der Waals surface area contributed by atoms with Crippen LogP contribution in [0, 0.1) is 6.92 Å². The molecule has 0 atom stereocenters. The van der Waals surface area contributed by atoms with Crippen LogP contribution < -0.4 is 0 Å². The third kappa shape index (κ3) is 3.35. The molecule has 0 spiro atoms. The zero-order valence-corrected chi connectivity index (χ0v) is 10.5. The number of benzene rings is 1. The monoisotopic (exact) mass is 216 g/mol. The summed E-state index contributed by atoms with van der Waals surface area (Å²) in [7, 11) is 0. The molecule has 1 aromatic carbocycles. The van der Waals surface area contributed by atoms with Gasteiger partial charge in [0.15, 0.2) is 0 Å². The molecule has 0 unspecified atom stereocenters. The molecule has 0 aliphatic carbocycles. The number of rotatable bonds is 3.